The van der Waals surface area contributed by atoms with E-state index in [2.05, 4.69) is 0 Å². The Bertz CT molecular complexity index is 226. The number of nitrogens with two attached hydrogens (primary N) is 1. The molecule has 2 aliphatic heterocycles. The number of rotatable bonds is 2. The SMILES string of the molecule is NCCC1CCCN1C(=O)N1CCCC1. The first-order chi connectivity index (χ1) is 7.33. The summed E-state index contributed by atoms with van der Waals surface area (Å²) in [6, 6.07) is 0.659. The molecule has 4 heteroatoms. The summed E-state index contributed by atoms with van der Waals surface area (Å²) in [4.78, 5) is 16.2. The van der Waals surface area contributed by atoms with Crippen LogP contribution in [-0.2, 0) is 0 Å². The second-order valence-electron chi connectivity index (χ2n) is 4.54. The highest BCUT2D eigenvalue weighted by molar-refractivity contribution is 5.75. The summed E-state index contributed by atoms with van der Waals surface area (Å²) in [5, 5.41) is 0. The lowest BCUT2D eigenvalue weighted by molar-refractivity contribution is 0.156. The third-order valence-electron chi connectivity index (χ3n) is 3.50. The van der Waals surface area contributed by atoms with Crippen molar-refractivity contribution in [3.05, 3.63) is 0 Å². The fourth-order valence-corrected chi connectivity index (χ4v) is 2.67. The first-order valence-electron chi connectivity index (χ1n) is 6.08. The van der Waals surface area contributed by atoms with Crippen LogP contribution in [0.3, 0.4) is 0 Å². The molecule has 2 aliphatic rings. The molecule has 4 nitrogen and oxygen atoms in total. The first kappa shape index (κ1) is 10.7. The summed E-state index contributed by atoms with van der Waals surface area (Å²) >= 11 is 0. The van der Waals surface area contributed by atoms with Crippen LogP contribution in [0.1, 0.15) is 32.1 Å². The van der Waals surface area contributed by atoms with Crippen molar-refractivity contribution in [2.75, 3.05) is 26.2 Å². The summed E-state index contributed by atoms with van der Waals surface area (Å²) in [6.07, 6.45) is 5.57. The molecule has 0 saturated carbocycles. The Morgan fingerprint density at radius 2 is 1.93 bits per heavy atom. The molecule has 2 amide bonds. The second kappa shape index (κ2) is 4.84. The van der Waals surface area contributed by atoms with Crippen molar-refractivity contribution in [3.8, 4) is 0 Å². The van der Waals surface area contributed by atoms with Gasteiger partial charge >= 0.3 is 6.03 Å². The quantitative estimate of drug-likeness (QED) is 0.741. The fraction of sp³-hybridized carbons (Fsp3) is 0.909. The standard InChI is InChI=1S/C11H21N3O/c12-6-5-10-4-3-9-14(10)11(15)13-7-1-2-8-13/h10H,1-9,12H2. The predicted molar refractivity (Wildman–Crippen MR) is 59.6 cm³/mol. The number of urea groups is 1. The molecule has 0 aromatic heterocycles. The van der Waals surface area contributed by atoms with E-state index >= 15 is 0 Å². The van der Waals surface area contributed by atoms with Crippen LogP contribution in [0.25, 0.3) is 0 Å². The van der Waals surface area contributed by atoms with Gasteiger partial charge in [0.25, 0.3) is 0 Å². The van der Waals surface area contributed by atoms with E-state index in [9.17, 15) is 4.79 Å². The smallest absolute Gasteiger partial charge is 0.320 e. The molecule has 0 aliphatic carbocycles. The highest BCUT2D eigenvalue weighted by atomic mass is 16.2. The van der Waals surface area contributed by atoms with Gasteiger partial charge in [0.15, 0.2) is 0 Å². The van der Waals surface area contributed by atoms with Gasteiger partial charge in [0, 0.05) is 25.7 Å². The van der Waals surface area contributed by atoms with Crippen molar-refractivity contribution < 1.29 is 4.79 Å². The van der Waals surface area contributed by atoms with Gasteiger partial charge in [-0.05, 0) is 38.6 Å². The van der Waals surface area contributed by atoms with Gasteiger partial charge in [-0.2, -0.15) is 0 Å². The van der Waals surface area contributed by atoms with Gasteiger partial charge in [0.2, 0.25) is 0 Å². The van der Waals surface area contributed by atoms with Gasteiger partial charge < -0.3 is 15.5 Å². The van der Waals surface area contributed by atoms with E-state index in [-0.39, 0.29) is 6.03 Å². The second-order valence-corrected chi connectivity index (χ2v) is 4.54. The van der Waals surface area contributed by atoms with Gasteiger partial charge in [-0.25, -0.2) is 4.79 Å². The predicted octanol–water partition coefficient (Wildman–Crippen LogP) is 1.02. The maximum Gasteiger partial charge on any atom is 0.320 e. The number of hydrogen-bond acceptors (Lipinski definition) is 2. The Morgan fingerprint density at radius 3 is 2.60 bits per heavy atom. The maximum absolute atomic E-state index is 12.1. The highest BCUT2D eigenvalue weighted by Crippen LogP contribution is 2.22. The molecule has 2 heterocycles. The lowest BCUT2D eigenvalue weighted by Gasteiger charge is -2.29. The highest BCUT2D eigenvalue weighted by Gasteiger charge is 2.31. The molecule has 86 valence electrons. The van der Waals surface area contributed by atoms with E-state index in [4.69, 9.17) is 5.73 Å². The van der Waals surface area contributed by atoms with Gasteiger partial charge in [-0.15, -0.1) is 0 Å². The van der Waals surface area contributed by atoms with Crippen molar-refractivity contribution in [1.29, 1.82) is 0 Å². The van der Waals surface area contributed by atoms with E-state index < -0.39 is 0 Å². The average molecular weight is 211 g/mol. The zero-order valence-electron chi connectivity index (χ0n) is 9.32. The van der Waals surface area contributed by atoms with Crippen LogP contribution in [-0.4, -0.2) is 48.1 Å². The summed E-state index contributed by atoms with van der Waals surface area (Å²) < 4.78 is 0. The Kier molecular flexibility index (Phi) is 3.46. The van der Waals surface area contributed by atoms with Crippen molar-refractivity contribution >= 4 is 6.03 Å². The molecule has 0 spiro atoms. The maximum atomic E-state index is 12.1. The molecule has 2 rings (SSSR count). The molecule has 1 atom stereocenters. The molecule has 2 fully saturated rings. The molecule has 0 radical (unpaired) electrons. The van der Waals surface area contributed by atoms with Crippen molar-refractivity contribution in [2.24, 2.45) is 5.73 Å². The third kappa shape index (κ3) is 2.25. The number of carbonyl (C=O) groups excluding carboxylic acids is 1. The summed E-state index contributed by atoms with van der Waals surface area (Å²) in [5.41, 5.74) is 5.57. The van der Waals surface area contributed by atoms with Gasteiger partial charge in [0.05, 0.1) is 0 Å². The number of amides is 2. The van der Waals surface area contributed by atoms with E-state index in [0.29, 0.717) is 12.6 Å². The lowest BCUT2D eigenvalue weighted by atomic mass is 10.1. The summed E-state index contributed by atoms with van der Waals surface area (Å²) in [6.45, 7) is 3.52. The van der Waals surface area contributed by atoms with E-state index in [1.165, 1.54) is 12.8 Å². The number of carbonyl (C=O) groups is 1. The summed E-state index contributed by atoms with van der Waals surface area (Å²) in [7, 11) is 0. The molecule has 0 aromatic carbocycles. The summed E-state index contributed by atoms with van der Waals surface area (Å²) in [5.74, 6) is 0. The van der Waals surface area contributed by atoms with Crippen molar-refractivity contribution in [2.45, 2.75) is 38.1 Å². The zero-order chi connectivity index (χ0) is 10.7. The van der Waals surface area contributed by atoms with Gasteiger partial charge in [0.1, 0.15) is 0 Å². The van der Waals surface area contributed by atoms with Crippen molar-refractivity contribution in [3.63, 3.8) is 0 Å². The lowest BCUT2D eigenvalue weighted by Crippen LogP contribution is -2.44. The van der Waals surface area contributed by atoms with Crippen LogP contribution < -0.4 is 5.73 Å². The van der Waals surface area contributed by atoms with Gasteiger partial charge in [-0.1, -0.05) is 0 Å². The number of nitrogens with zero attached hydrogens (tertiary/aromatic N) is 2. The van der Waals surface area contributed by atoms with Crippen LogP contribution in [0.4, 0.5) is 4.79 Å². The Hall–Kier alpha value is -0.770. The van der Waals surface area contributed by atoms with E-state index in [1.54, 1.807) is 0 Å². The molecule has 15 heavy (non-hydrogen) atoms. The topological polar surface area (TPSA) is 49.6 Å². The van der Waals surface area contributed by atoms with Gasteiger partial charge in [-0.3, -0.25) is 0 Å². The number of likely N-dealkylation sites (tertiary alicyclic amines) is 2. The molecular formula is C11H21N3O. The monoisotopic (exact) mass is 211 g/mol. The first-order valence-corrected chi connectivity index (χ1v) is 6.08. The van der Waals surface area contributed by atoms with Crippen molar-refractivity contribution in [1.82, 2.24) is 9.80 Å². The zero-order valence-corrected chi connectivity index (χ0v) is 9.32. The average Bonchev–Trinajstić information content (AvgIpc) is 2.87. The van der Waals surface area contributed by atoms with Crippen LogP contribution in [0.2, 0.25) is 0 Å². The Morgan fingerprint density at radius 1 is 1.20 bits per heavy atom. The fourth-order valence-electron chi connectivity index (χ4n) is 2.67. The molecule has 1 unspecified atom stereocenters. The van der Waals surface area contributed by atoms with E-state index in [1.807, 2.05) is 9.80 Å². The minimum Gasteiger partial charge on any atom is -0.330 e. The molecule has 0 bridgehead atoms. The van der Waals surface area contributed by atoms with Crippen LogP contribution in [0.15, 0.2) is 0 Å². The van der Waals surface area contributed by atoms with Crippen LogP contribution in [0, 0.1) is 0 Å². The minimum atomic E-state index is 0.253. The third-order valence-corrected chi connectivity index (χ3v) is 3.50. The normalized spacial score (nSPS) is 26.3. The van der Waals surface area contributed by atoms with Crippen LogP contribution in [0.5, 0.6) is 0 Å². The number of hydrogen-bond donors (Lipinski definition) is 1. The van der Waals surface area contributed by atoms with Crippen LogP contribution >= 0.6 is 0 Å². The Balaban J connectivity index is 1.92. The minimum absolute atomic E-state index is 0.253. The largest absolute Gasteiger partial charge is 0.330 e. The Labute approximate surface area is 91.4 Å². The molecule has 2 saturated heterocycles. The molecular weight excluding hydrogens is 190 g/mol. The molecule has 2 N–H and O–H groups in total. The molecule has 0 aromatic rings. The van der Waals surface area contributed by atoms with E-state index in [0.717, 1.165) is 38.9 Å².